The van der Waals surface area contributed by atoms with Gasteiger partial charge in [0.15, 0.2) is 0 Å². The molecule has 1 fully saturated rings. The van der Waals surface area contributed by atoms with Crippen molar-refractivity contribution in [1.82, 2.24) is 0 Å². The number of halogens is 4. The van der Waals surface area contributed by atoms with E-state index in [9.17, 15) is 19.2 Å². The summed E-state index contributed by atoms with van der Waals surface area (Å²) in [5.41, 5.74) is 2.35. The number of hydrogen-bond acceptors (Lipinski definition) is 5. The van der Waals surface area contributed by atoms with E-state index in [1.54, 1.807) is 11.8 Å². The average molecular weight is 606 g/mol. The highest BCUT2D eigenvalue weighted by Crippen LogP contribution is 2.46. The highest BCUT2D eigenvalue weighted by molar-refractivity contribution is 6.56. The smallest absolute Gasteiger partial charge is 0.316 e. The Bertz CT molecular complexity index is 1520. The molecule has 0 saturated carbocycles. The van der Waals surface area contributed by atoms with Gasteiger partial charge in [0.1, 0.15) is 5.75 Å². The number of nitrogens with zero attached hydrogens (tertiary/aromatic N) is 2. The molecular weight excluding hydrogens is 586 g/mol. The minimum absolute atomic E-state index is 0.0348. The van der Waals surface area contributed by atoms with E-state index in [-0.39, 0.29) is 61.5 Å². The van der Waals surface area contributed by atoms with Crippen molar-refractivity contribution in [3.05, 3.63) is 84.8 Å². The van der Waals surface area contributed by atoms with Crippen molar-refractivity contribution in [2.24, 2.45) is 5.92 Å². The Morgan fingerprint density at radius 3 is 2.03 bits per heavy atom. The Labute approximate surface area is 244 Å². The summed E-state index contributed by atoms with van der Waals surface area (Å²) in [6, 6.07) is 12.1. The summed E-state index contributed by atoms with van der Waals surface area (Å²) >= 11 is 24.6. The molecule has 2 aliphatic heterocycles. The average Bonchev–Trinajstić information content (AvgIpc) is 3.43. The second-order valence-corrected chi connectivity index (χ2v) is 10.8. The Morgan fingerprint density at radius 2 is 1.49 bits per heavy atom. The van der Waals surface area contributed by atoms with E-state index >= 15 is 0 Å². The molecule has 3 aromatic carbocycles. The zero-order valence-electron chi connectivity index (χ0n) is 20.7. The van der Waals surface area contributed by atoms with Crippen molar-refractivity contribution < 1.29 is 23.9 Å². The molecule has 0 aliphatic carbocycles. The third-order valence-corrected chi connectivity index (χ3v) is 8.65. The van der Waals surface area contributed by atoms with Crippen LogP contribution in [0.25, 0.3) is 0 Å². The van der Waals surface area contributed by atoms with Gasteiger partial charge in [-0.1, -0.05) is 65.5 Å². The first-order valence-corrected chi connectivity index (χ1v) is 13.5. The largest absolute Gasteiger partial charge is 0.426 e. The molecule has 3 amide bonds. The summed E-state index contributed by atoms with van der Waals surface area (Å²) in [4.78, 5) is 54.4. The SMILES string of the molecule is CCc1ccc(N2C[C@H](C(=O)Oc3ccc(N4C(=O)c5c(Cl)c(Cl)c(Cl)c(Cl)c5C4=O)c(C)c3)CC2=O)cc1. The van der Waals surface area contributed by atoms with Crippen LogP contribution in [0.1, 0.15) is 45.2 Å². The fourth-order valence-corrected chi connectivity index (χ4v) is 5.75. The molecule has 0 bridgehead atoms. The molecule has 200 valence electrons. The summed E-state index contributed by atoms with van der Waals surface area (Å²) in [5, 5.41) is -0.560. The zero-order chi connectivity index (χ0) is 28.2. The van der Waals surface area contributed by atoms with Crippen LogP contribution < -0.4 is 14.5 Å². The number of carbonyl (C=O) groups is 4. The number of fused-ring (bicyclic) bond motifs is 1. The van der Waals surface area contributed by atoms with Crippen LogP contribution in [-0.2, 0) is 16.0 Å². The van der Waals surface area contributed by atoms with Gasteiger partial charge in [-0.25, -0.2) is 4.90 Å². The molecule has 3 aromatic rings. The van der Waals surface area contributed by atoms with Crippen LogP contribution in [0, 0.1) is 12.8 Å². The predicted octanol–water partition coefficient (Wildman–Crippen LogP) is 6.93. The van der Waals surface area contributed by atoms with E-state index in [4.69, 9.17) is 51.1 Å². The number of aryl methyl sites for hydroxylation is 2. The minimum atomic E-state index is -0.704. The van der Waals surface area contributed by atoms with Crippen molar-refractivity contribution >= 4 is 81.5 Å². The predicted molar refractivity (Wildman–Crippen MR) is 151 cm³/mol. The van der Waals surface area contributed by atoms with Gasteiger partial charge < -0.3 is 9.64 Å². The van der Waals surface area contributed by atoms with Crippen molar-refractivity contribution in [2.75, 3.05) is 16.3 Å². The molecule has 11 heteroatoms. The van der Waals surface area contributed by atoms with Gasteiger partial charge in [-0.2, -0.15) is 0 Å². The summed E-state index contributed by atoms with van der Waals surface area (Å²) in [6.45, 7) is 3.91. The number of rotatable bonds is 5. The number of imide groups is 1. The number of hydrogen-bond donors (Lipinski definition) is 0. The van der Waals surface area contributed by atoms with Crippen molar-refractivity contribution in [2.45, 2.75) is 26.7 Å². The van der Waals surface area contributed by atoms with E-state index in [2.05, 4.69) is 0 Å². The highest BCUT2D eigenvalue weighted by atomic mass is 35.5. The topological polar surface area (TPSA) is 84.0 Å². The lowest BCUT2D eigenvalue weighted by atomic mass is 10.1. The lowest BCUT2D eigenvalue weighted by molar-refractivity contribution is -0.139. The quantitative estimate of drug-likeness (QED) is 0.103. The van der Waals surface area contributed by atoms with Crippen molar-refractivity contribution in [3.8, 4) is 5.75 Å². The maximum Gasteiger partial charge on any atom is 0.316 e. The molecule has 1 atom stereocenters. The fourth-order valence-electron chi connectivity index (χ4n) is 4.74. The number of benzene rings is 3. The number of carbonyl (C=O) groups excluding carboxylic acids is 4. The molecule has 0 radical (unpaired) electrons. The zero-order valence-corrected chi connectivity index (χ0v) is 23.7. The van der Waals surface area contributed by atoms with E-state index in [1.165, 1.54) is 18.2 Å². The molecule has 0 aromatic heterocycles. The molecule has 39 heavy (non-hydrogen) atoms. The van der Waals surface area contributed by atoms with Gasteiger partial charge in [-0.3, -0.25) is 19.2 Å². The molecule has 5 rings (SSSR count). The maximum atomic E-state index is 13.2. The fraction of sp³-hybridized carbons (Fsp3) is 0.214. The number of ether oxygens (including phenoxy) is 1. The highest BCUT2D eigenvalue weighted by Gasteiger charge is 2.43. The van der Waals surface area contributed by atoms with Crippen LogP contribution in [-0.4, -0.2) is 30.2 Å². The van der Waals surface area contributed by atoms with Gasteiger partial charge in [0, 0.05) is 18.7 Å². The molecule has 1 saturated heterocycles. The summed E-state index contributed by atoms with van der Waals surface area (Å²) < 4.78 is 5.57. The summed E-state index contributed by atoms with van der Waals surface area (Å²) in [5.74, 6) is -2.55. The van der Waals surface area contributed by atoms with Gasteiger partial charge >= 0.3 is 5.97 Å². The minimum Gasteiger partial charge on any atom is -0.426 e. The number of anilines is 2. The second-order valence-electron chi connectivity index (χ2n) is 9.25. The number of amides is 3. The molecule has 0 unspecified atom stereocenters. The van der Waals surface area contributed by atoms with E-state index in [0.29, 0.717) is 5.56 Å². The second kappa shape index (κ2) is 10.5. The van der Waals surface area contributed by atoms with Gasteiger partial charge in [0.25, 0.3) is 11.8 Å². The lowest BCUT2D eigenvalue weighted by Gasteiger charge is -2.18. The third-order valence-electron chi connectivity index (χ3n) is 6.84. The lowest BCUT2D eigenvalue weighted by Crippen LogP contribution is -2.30. The van der Waals surface area contributed by atoms with Crippen LogP contribution in [0.4, 0.5) is 11.4 Å². The Balaban J connectivity index is 1.33. The number of esters is 1. The van der Waals surface area contributed by atoms with Crippen LogP contribution in [0.2, 0.25) is 20.1 Å². The molecule has 2 aliphatic rings. The van der Waals surface area contributed by atoms with Crippen LogP contribution in [0.3, 0.4) is 0 Å². The first kappa shape index (κ1) is 27.5. The summed E-state index contributed by atoms with van der Waals surface area (Å²) in [6.07, 6.45) is 0.922. The van der Waals surface area contributed by atoms with E-state index < -0.39 is 23.7 Å². The monoisotopic (exact) mass is 604 g/mol. The van der Waals surface area contributed by atoms with Crippen LogP contribution >= 0.6 is 46.4 Å². The van der Waals surface area contributed by atoms with Gasteiger partial charge in [0.05, 0.1) is 42.8 Å². The van der Waals surface area contributed by atoms with Gasteiger partial charge in [-0.05, 0) is 54.8 Å². The first-order chi connectivity index (χ1) is 18.5. The Kier molecular flexibility index (Phi) is 7.37. The molecule has 7 nitrogen and oxygen atoms in total. The standard InChI is InChI=1S/C28H20Cl4N2O5/c1-3-14-4-6-16(7-5-14)33-12-15(11-19(33)35)28(38)39-17-8-9-18(13(2)10-17)34-26(36)20-21(27(34)37)23(30)25(32)24(31)22(20)29/h4-10,15H,3,11-12H2,1-2H3/t15-/m1/s1. The maximum absolute atomic E-state index is 13.2. The third kappa shape index (κ3) is 4.67. The van der Waals surface area contributed by atoms with Gasteiger partial charge in [0.2, 0.25) is 5.91 Å². The molecular formula is C28H20Cl4N2O5. The van der Waals surface area contributed by atoms with Crippen molar-refractivity contribution in [1.29, 1.82) is 0 Å². The Morgan fingerprint density at radius 1 is 0.897 bits per heavy atom. The van der Waals surface area contributed by atoms with E-state index in [1.807, 2.05) is 31.2 Å². The van der Waals surface area contributed by atoms with Gasteiger partial charge in [-0.15, -0.1) is 0 Å². The van der Waals surface area contributed by atoms with Crippen molar-refractivity contribution in [3.63, 3.8) is 0 Å². The molecule has 2 heterocycles. The van der Waals surface area contributed by atoms with E-state index in [0.717, 1.165) is 22.6 Å². The molecule has 0 N–H and O–H groups in total. The Hall–Kier alpha value is -3.10. The normalized spacial score (nSPS) is 16.8. The van der Waals surface area contributed by atoms with Crippen LogP contribution in [0.15, 0.2) is 42.5 Å². The van der Waals surface area contributed by atoms with Crippen LogP contribution in [0.5, 0.6) is 5.75 Å². The summed E-state index contributed by atoms with van der Waals surface area (Å²) in [7, 11) is 0. The first-order valence-electron chi connectivity index (χ1n) is 12.0. The molecule has 0 spiro atoms.